The lowest BCUT2D eigenvalue weighted by atomic mass is 9.83. The number of nitrogens with zero attached hydrogens (tertiary/aromatic N) is 5. The van der Waals surface area contributed by atoms with Gasteiger partial charge < -0.3 is 15.5 Å². The molecule has 9 nitrogen and oxygen atoms in total. The number of amides is 2. The Labute approximate surface area is 168 Å². The van der Waals surface area contributed by atoms with E-state index in [-0.39, 0.29) is 17.7 Å². The van der Waals surface area contributed by atoms with Gasteiger partial charge in [0, 0.05) is 44.5 Å². The van der Waals surface area contributed by atoms with Gasteiger partial charge >= 0.3 is 0 Å². The minimum atomic E-state index is -0.865. The molecule has 2 amide bonds. The number of pyridine rings is 1. The smallest absolute Gasteiger partial charge is 0.247 e. The van der Waals surface area contributed by atoms with E-state index in [9.17, 15) is 14.9 Å². The predicted molar refractivity (Wildman–Crippen MR) is 106 cm³/mol. The molecule has 2 N–H and O–H groups in total. The van der Waals surface area contributed by atoms with Crippen LogP contribution >= 0.6 is 0 Å². The van der Waals surface area contributed by atoms with Crippen molar-refractivity contribution in [1.82, 2.24) is 20.1 Å². The second-order valence-corrected chi connectivity index (χ2v) is 7.64. The maximum atomic E-state index is 13.0. The van der Waals surface area contributed by atoms with Crippen LogP contribution in [0.2, 0.25) is 0 Å². The molecule has 3 heterocycles. The Hall–Kier alpha value is -3.41. The van der Waals surface area contributed by atoms with Crippen LogP contribution in [0.5, 0.6) is 0 Å². The molecule has 1 aliphatic heterocycles. The summed E-state index contributed by atoms with van der Waals surface area (Å²) in [7, 11) is 1.80. The van der Waals surface area contributed by atoms with E-state index >= 15 is 0 Å². The summed E-state index contributed by atoms with van der Waals surface area (Å²) >= 11 is 0. The lowest BCUT2D eigenvalue weighted by Crippen LogP contribution is -2.35. The van der Waals surface area contributed by atoms with E-state index in [0.29, 0.717) is 31.1 Å². The number of aromatic nitrogens is 3. The molecular weight excluding hydrogens is 370 g/mol. The van der Waals surface area contributed by atoms with E-state index in [4.69, 9.17) is 0 Å². The van der Waals surface area contributed by atoms with Crippen LogP contribution in [0.4, 0.5) is 17.3 Å². The topological polar surface area (TPSA) is 116 Å². The fourth-order valence-electron chi connectivity index (χ4n) is 3.87. The Kier molecular flexibility index (Phi) is 4.70. The zero-order chi connectivity index (χ0) is 20.6. The molecular formula is C20H23N7O2. The minimum Gasteiger partial charge on any atom is -0.351 e. The first-order chi connectivity index (χ1) is 13.9. The van der Waals surface area contributed by atoms with Crippen molar-refractivity contribution in [2.45, 2.75) is 32.7 Å². The fourth-order valence-corrected chi connectivity index (χ4v) is 3.87. The number of hydrogen-bond acceptors (Lipinski definition) is 6. The van der Waals surface area contributed by atoms with Crippen LogP contribution in [-0.2, 0) is 23.2 Å². The number of anilines is 3. The van der Waals surface area contributed by atoms with Crippen LogP contribution in [0.25, 0.3) is 0 Å². The fraction of sp³-hybridized carbons (Fsp3) is 0.450. The number of carbonyl (C=O) groups is 2. The van der Waals surface area contributed by atoms with Gasteiger partial charge in [0.25, 0.3) is 0 Å². The number of nitriles is 1. The van der Waals surface area contributed by atoms with E-state index in [1.165, 1.54) is 6.92 Å². The second kappa shape index (κ2) is 7.20. The zero-order valence-electron chi connectivity index (χ0n) is 16.5. The van der Waals surface area contributed by atoms with Gasteiger partial charge in [-0.15, -0.1) is 0 Å². The molecule has 1 saturated heterocycles. The molecule has 0 unspecified atom stereocenters. The molecule has 2 aromatic rings. The maximum absolute atomic E-state index is 13.0. The Balaban J connectivity index is 1.50. The number of nitrogens with one attached hydrogen (secondary N) is 2. The predicted octanol–water partition coefficient (Wildman–Crippen LogP) is 1.85. The highest BCUT2D eigenvalue weighted by Gasteiger charge is 2.56. The molecule has 2 fully saturated rings. The van der Waals surface area contributed by atoms with E-state index in [0.717, 1.165) is 24.2 Å². The minimum absolute atomic E-state index is 0.102. The van der Waals surface area contributed by atoms with Gasteiger partial charge in [0.05, 0.1) is 18.3 Å². The van der Waals surface area contributed by atoms with Crippen molar-refractivity contribution in [2.75, 3.05) is 16.8 Å². The third-order valence-corrected chi connectivity index (χ3v) is 5.64. The third-order valence-electron chi connectivity index (χ3n) is 5.64. The van der Waals surface area contributed by atoms with Gasteiger partial charge in [-0.1, -0.05) is 0 Å². The monoisotopic (exact) mass is 393 g/mol. The summed E-state index contributed by atoms with van der Waals surface area (Å²) in [6, 6.07) is 7.71. The summed E-state index contributed by atoms with van der Waals surface area (Å²) < 4.78 is 1.68. The summed E-state index contributed by atoms with van der Waals surface area (Å²) in [6.45, 7) is 2.39. The SMILES string of the molecule is CC(=O)NCc1cc(Nc2cc(N3CC[C@@](C#N)(C4CC4)C3=O)ccn2)nn1C. The molecule has 2 aliphatic rings. The zero-order valence-corrected chi connectivity index (χ0v) is 16.5. The van der Waals surface area contributed by atoms with Crippen molar-refractivity contribution in [3.05, 3.63) is 30.1 Å². The highest BCUT2D eigenvalue weighted by Crippen LogP contribution is 2.51. The summed E-state index contributed by atoms with van der Waals surface area (Å²) in [5, 5.41) is 19.9. The molecule has 0 aromatic carbocycles. The average molecular weight is 393 g/mol. The molecule has 0 spiro atoms. The summed E-state index contributed by atoms with van der Waals surface area (Å²) in [4.78, 5) is 30.1. The van der Waals surface area contributed by atoms with Gasteiger partial charge in [-0.05, 0) is 31.2 Å². The Morgan fingerprint density at radius 2 is 2.17 bits per heavy atom. The molecule has 1 saturated carbocycles. The van der Waals surface area contributed by atoms with E-state index in [2.05, 4.69) is 26.8 Å². The normalized spacial score (nSPS) is 21.1. The van der Waals surface area contributed by atoms with Gasteiger partial charge in [0.2, 0.25) is 11.8 Å². The first kappa shape index (κ1) is 18.9. The quantitative estimate of drug-likeness (QED) is 0.774. The van der Waals surface area contributed by atoms with E-state index in [1.54, 1.807) is 35.0 Å². The molecule has 1 atom stereocenters. The van der Waals surface area contributed by atoms with Crippen LogP contribution in [0.15, 0.2) is 24.4 Å². The Morgan fingerprint density at radius 1 is 1.38 bits per heavy atom. The van der Waals surface area contributed by atoms with Gasteiger partial charge in [-0.2, -0.15) is 10.4 Å². The van der Waals surface area contributed by atoms with Crippen LogP contribution in [0.1, 0.15) is 31.9 Å². The summed E-state index contributed by atoms with van der Waals surface area (Å²) in [6.07, 6.45) is 4.12. The van der Waals surface area contributed by atoms with Gasteiger partial charge in [0.1, 0.15) is 11.2 Å². The molecule has 1 aliphatic carbocycles. The van der Waals surface area contributed by atoms with Crippen LogP contribution in [0.3, 0.4) is 0 Å². The first-order valence-electron chi connectivity index (χ1n) is 9.66. The highest BCUT2D eigenvalue weighted by atomic mass is 16.2. The van der Waals surface area contributed by atoms with Crippen molar-refractivity contribution in [3.8, 4) is 6.07 Å². The summed E-state index contributed by atoms with van der Waals surface area (Å²) in [5.41, 5.74) is 0.702. The van der Waals surface area contributed by atoms with E-state index < -0.39 is 5.41 Å². The number of carbonyl (C=O) groups excluding carboxylic acids is 2. The van der Waals surface area contributed by atoms with Crippen molar-refractivity contribution in [2.24, 2.45) is 18.4 Å². The molecule has 4 rings (SSSR count). The van der Waals surface area contributed by atoms with Crippen molar-refractivity contribution < 1.29 is 9.59 Å². The number of rotatable bonds is 6. The van der Waals surface area contributed by atoms with E-state index in [1.807, 2.05) is 6.07 Å². The molecule has 150 valence electrons. The standard InChI is InChI=1S/C20H23N7O2/c1-13(28)23-11-16-10-18(25-26(16)2)24-17-9-15(5-7-22-17)27-8-6-20(12-21,19(27)29)14-3-4-14/h5,7,9-10,14H,3-4,6,8,11H2,1-2H3,(H,23,28)(H,22,24,25)/t20-/m1/s1. The highest BCUT2D eigenvalue weighted by molar-refractivity contribution is 6.02. The number of hydrogen-bond donors (Lipinski definition) is 2. The Morgan fingerprint density at radius 3 is 2.86 bits per heavy atom. The lowest BCUT2D eigenvalue weighted by Gasteiger charge is -2.21. The van der Waals surface area contributed by atoms with Crippen LogP contribution in [0, 0.1) is 22.7 Å². The molecule has 29 heavy (non-hydrogen) atoms. The van der Waals surface area contributed by atoms with Gasteiger partial charge in [0.15, 0.2) is 5.82 Å². The van der Waals surface area contributed by atoms with Crippen LogP contribution < -0.4 is 15.5 Å². The first-order valence-corrected chi connectivity index (χ1v) is 9.66. The molecule has 0 radical (unpaired) electrons. The largest absolute Gasteiger partial charge is 0.351 e. The molecule has 2 aromatic heterocycles. The van der Waals surface area contributed by atoms with Crippen molar-refractivity contribution in [3.63, 3.8) is 0 Å². The number of aryl methyl sites for hydroxylation is 1. The molecule has 9 heteroatoms. The lowest BCUT2D eigenvalue weighted by molar-refractivity contribution is -0.124. The Bertz CT molecular complexity index is 1000. The van der Waals surface area contributed by atoms with Gasteiger partial charge in [-0.25, -0.2) is 4.98 Å². The van der Waals surface area contributed by atoms with Gasteiger partial charge in [-0.3, -0.25) is 14.3 Å². The summed E-state index contributed by atoms with van der Waals surface area (Å²) in [5.74, 6) is 1.13. The van der Waals surface area contributed by atoms with Crippen LogP contribution in [-0.4, -0.2) is 33.1 Å². The average Bonchev–Trinajstić information content (AvgIpc) is 3.41. The molecule has 0 bridgehead atoms. The second-order valence-electron chi connectivity index (χ2n) is 7.64. The maximum Gasteiger partial charge on any atom is 0.247 e. The third kappa shape index (κ3) is 3.53. The van der Waals surface area contributed by atoms with Crippen molar-refractivity contribution >= 4 is 29.1 Å². The van der Waals surface area contributed by atoms with Crippen molar-refractivity contribution in [1.29, 1.82) is 5.26 Å².